The van der Waals surface area contributed by atoms with Gasteiger partial charge >= 0.3 is 0 Å². The van der Waals surface area contributed by atoms with Crippen molar-refractivity contribution < 1.29 is 0 Å². The van der Waals surface area contributed by atoms with Crippen LogP contribution in [0.2, 0.25) is 0 Å². The van der Waals surface area contributed by atoms with E-state index in [-0.39, 0.29) is 0 Å². The van der Waals surface area contributed by atoms with Gasteiger partial charge in [0.1, 0.15) is 0 Å². The van der Waals surface area contributed by atoms with Crippen molar-refractivity contribution >= 4 is 0 Å². The highest BCUT2D eigenvalue weighted by molar-refractivity contribution is 4.92. The first-order valence-electron chi connectivity index (χ1n) is 5.54. The predicted octanol–water partition coefficient (Wildman–Crippen LogP) is 2.57. The summed E-state index contributed by atoms with van der Waals surface area (Å²) in [5.41, 5.74) is 0.705. The van der Waals surface area contributed by atoms with E-state index in [4.69, 9.17) is 0 Å². The first-order chi connectivity index (χ1) is 5.83. The zero-order valence-electron chi connectivity index (χ0n) is 8.23. The summed E-state index contributed by atoms with van der Waals surface area (Å²) in [7, 11) is 0. The van der Waals surface area contributed by atoms with Crippen LogP contribution in [0.3, 0.4) is 0 Å². The molecule has 1 aliphatic heterocycles. The summed E-state index contributed by atoms with van der Waals surface area (Å²) >= 11 is 0. The van der Waals surface area contributed by atoms with Crippen LogP contribution in [0.1, 0.15) is 45.4 Å². The van der Waals surface area contributed by atoms with Crippen LogP contribution < -0.4 is 5.32 Å². The van der Waals surface area contributed by atoms with Crippen molar-refractivity contribution in [2.24, 2.45) is 11.3 Å². The van der Waals surface area contributed by atoms with Gasteiger partial charge in [0.25, 0.3) is 0 Å². The zero-order chi connectivity index (χ0) is 8.44. The summed E-state index contributed by atoms with van der Waals surface area (Å²) in [4.78, 5) is 0. The van der Waals surface area contributed by atoms with Crippen molar-refractivity contribution in [3.63, 3.8) is 0 Å². The van der Waals surface area contributed by atoms with E-state index in [0.717, 1.165) is 5.92 Å². The SMILES string of the molecule is C[C@@H]1CCC[C@@]12CCCCNC2. The van der Waals surface area contributed by atoms with Gasteiger partial charge in [0.15, 0.2) is 0 Å². The second kappa shape index (κ2) is 3.37. The van der Waals surface area contributed by atoms with E-state index in [9.17, 15) is 0 Å². The van der Waals surface area contributed by atoms with Gasteiger partial charge in [0.05, 0.1) is 0 Å². The first kappa shape index (κ1) is 8.55. The summed E-state index contributed by atoms with van der Waals surface area (Å²) < 4.78 is 0. The van der Waals surface area contributed by atoms with Crippen LogP contribution in [0.4, 0.5) is 0 Å². The Morgan fingerprint density at radius 3 is 2.75 bits per heavy atom. The average molecular weight is 167 g/mol. The number of hydrogen-bond acceptors (Lipinski definition) is 1. The van der Waals surface area contributed by atoms with Crippen molar-refractivity contribution in [3.05, 3.63) is 0 Å². The highest BCUT2D eigenvalue weighted by atomic mass is 14.9. The van der Waals surface area contributed by atoms with Crippen LogP contribution in [-0.4, -0.2) is 13.1 Å². The molecule has 0 aromatic carbocycles. The van der Waals surface area contributed by atoms with Gasteiger partial charge in [0.2, 0.25) is 0 Å². The van der Waals surface area contributed by atoms with Gasteiger partial charge in [-0.1, -0.05) is 26.2 Å². The molecule has 2 fully saturated rings. The fraction of sp³-hybridized carbons (Fsp3) is 1.00. The Morgan fingerprint density at radius 2 is 2.00 bits per heavy atom. The number of rotatable bonds is 0. The second-order valence-electron chi connectivity index (χ2n) is 4.79. The van der Waals surface area contributed by atoms with Crippen LogP contribution >= 0.6 is 0 Å². The standard InChI is InChI=1S/C11H21N/c1-10-5-4-7-11(10)6-2-3-8-12-9-11/h10,12H,2-9H2,1H3/t10-,11-/m1/s1. The third kappa shape index (κ3) is 1.39. The van der Waals surface area contributed by atoms with Crippen molar-refractivity contribution in [2.45, 2.75) is 45.4 Å². The molecule has 1 saturated heterocycles. The highest BCUT2D eigenvalue weighted by Gasteiger charge is 2.39. The minimum absolute atomic E-state index is 0.705. The molecule has 1 aliphatic carbocycles. The molecule has 0 unspecified atom stereocenters. The molecule has 1 heteroatoms. The highest BCUT2D eigenvalue weighted by Crippen LogP contribution is 2.46. The minimum atomic E-state index is 0.705. The third-order valence-electron chi connectivity index (χ3n) is 4.11. The summed E-state index contributed by atoms with van der Waals surface area (Å²) in [5.74, 6) is 0.975. The maximum Gasteiger partial charge on any atom is 0.00104 e. The van der Waals surface area contributed by atoms with Crippen molar-refractivity contribution in [1.29, 1.82) is 0 Å². The van der Waals surface area contributed by atoms with E-state index >= 15 is 0 Å². The fourth-order valence-corrected chi connectivity index (χ4v) is 3.10. The van der Waals surface area contributed by atoms with Crippen molar-refractivity contribution in [3.8, 4) is 0 Å². The molecule has 0 aromatic rings. The zero-order valence-corrected chi connectivity index (χ0v) is 8.23. The lowest BCUT2D eigenvalue weighted by Crippen LogP contribution is -2.34. The van der Waals surface area contributed by atoms with Gasteiger partial charge in [-0.05, 0) is 37.1 Å². The Balaban J connectivity index is 2.05. The normalized spacial score (nSPS) is 43.2. The second-order valence-corrected chi connectivity index (χ2v) is 4.79. The molecule has 2 rings (SSSR count). The van der Waals surface area contributed by atoms with Crippen LogP contribution in [0.15, 0.2) is 0 Å². The monoisotopic (exact) mass is 167 g/mol. The van der Waals surface area contributed by atoms with Gasteiger partial charge < -0.3 is 5.32 Å². The lowest BCUT2D eigenvalue weighted by atomic mass is 9.75. The largest absolute Gasteiger partial charge is 0.316 e. The lowest BCUT2D eigenvalue weighted by molar-refractivity contribution is 0.198. The molecular weight excluding hydrogens is 146 g/mol. The summed E-state index contributed by atoms with van der Waals surface area (Å²) in [5, 5.41) is 3.61. The average Bonchev–Trinajstić information content (AvgIpc) is 2.33. The maximum atomic E-state index is 3.61. The Labute approximate surface area is 75.9 Å². The lowest BCUT2D eigenvalue weighted by Gasteiger charge is -2.32. The van der Waals surface area contributed by atoms with E-state index in [2.05, 4.69) is 12.2 Å². The molecule has 70 valence electrons. The molecule has 1 heterocycles. The Hall–Kier alpha value is -0.0400. The third-order valence-corrected chi connectivity index (χ3v) is 4.11. The number of nitrogens with one attached hydrogen (secondary N) is 1. The Kier molecular flexibility index (Phi) is 2.40. The van der Waals surface area contributed by atoms with E-state index in [1.807, 2.05) is 0 Å². The first-order valence-corrected chi connectivity index (χ1v) is 5.54. The van der Waals surface area contributed by atoms with E-state index in [0.29, 0.717) is 5.41 Å². The molecular formula is C11H21N. The van der Waals surface area contributed by atoms with Gasteiger partial charge in [-0.2, -0.15) is 0 Å². The van der Waals surface area contributed by atoms with Crippen LogP contribution in [-0.2, 0) is 0 Å². The summed E-state index contributed by atoms with van der Waals surface area (Å²) in [6, 6.07) is 0. The summed E-state index contributed by atoms with van der Waals surface area (Å²) in [6.07, 6.45) is 8.78. The molecule has 12 heavy (non-hydrogen) atoms. The molecule has 2 aliphatic rings. The molecule has 0 bridgehead atoms. The van der Waals surface area contributed by atoms with Gasteiger partial charge in [-0.25, -0.2) is 0 Å². The molecule has 0 amide bonds. The minimum Gasteiger partial charge on any atom is -0.316 e. The van der Waals surface area contributed by atoms with Crippen LogP contribution in [0.5, 0.6) is 0 Å². The fourth-order valence-electron chi connectivity index (χ4n) is 3.10. The predicted molar refractivity (Wildman–Crippen MR) is 52.2 cm³/mol. The van der Waals surface area contributed by atoms with Crippen LogP contribution in [0.25, 0.3) is 0 Å². The topological polar surface area (TPSA) is 12.0 Å². The quantitative estimate of drug-likeness (QED) is 0.584. The van der Waals surface area contributed by atoms with Gasteiger partial charge in [0, 0.05) is 6.54 Å². The molecule has 1 N–H and O–H groups in total. The molecule has 2 atom stereocenters. The van der Waals surface area contributed by atoms with Crippen molar-refractivity contribution in [2.75, 3.05) is 13.1 Å². The maximum absolute atomic E-state index is 3.61. The smallest absolute Gasteiger partial charge is 0.00104 e. The molecule has 0 radical (unpaired) electrons. The molecule has 1 nitrogen and oxygen atoms in total. The van der Waals surface area contributed by atoms with E-state index in [1.165, 1.54) is 51.6 Å². The number of hydrogen-bond donors (Lipinski definition) is 1. The van der Waals surface area contributed by atoms with Crippen molar-refractivity contribution in [1.82, 2.24) is 5.32 Å². The molecule has 0 aromatic heterocycles. The summed E-state index contributed by atoms with van der Waals surface area (Å²) in [6.45, 7) is 5.02. The van der Waals surface area contributed by atoms with E-state index in [1.54, 1.807) is 0 Å². The molecule has 1 saturated carbocycles. The van der Waals surface area contributed by atoms with E-state index < -0.39 is 0 Å². The molecule has 1 spiro atoms. The van der Waals surface area contributed by atoms with Gasteiger partial charge in [-0.3, -0.25) is 0 Å². The Morgan fingerprint density at radius 1 is 1.17 bits per heavy atom. The van der Waals surface area contributed by atoms with Crippen LogP contribution in [0, 0.1) is 11.3 Å². The van der Waals surface area contributed by atoms with Gasteiger partial charge in [-0.15, -0.1) is 0 Å². The Bertz CT molecular complexity index is 145.